The molecule has 0 aliphatic heterocycles. The fraction of sp³-hybridized carbons (Fsp3) is 0.758. The molecule has 0 aliphatic rings. The van der Waals surface area contributed by atoms with Crippen molar-refractivity contribution in [2.75, 3.05) is 13.1 Å². The maximum atomic E-state index is 4.03. The predicted molar refractivity (Wildman–Crippen MR) is 155 cm³/mol. The zero-order valence-electron chi connectivity index (χ0n) is 23.3. The molecule has 0 saturated heterocycles. The first-order valence-corrected chi connectivity index (χ1v) is 15.2. The average molecular weight is 470 g/mol. The lowest BCUT2D eigenvalue weighted by Crippen LogP contribution is -2.26. The molecule has 0 atom stereocenters. The van der Waals surface area contributed by atoms with Gasteiger partial charge in [0.1, 0.15) is 0 Å². The summed E-state index contributed by atoms with van der Waals surface area (Å²) in [6, 6.07) is 8.82. The average Bonchev–Trinajstić information content (AvgIpc) is 2.86. The third-order valence-corrected chi connectivity index (χ3v) is 7.32. The molecule has 0 spiro atoms. The molecule has 0 bridgehead atoms. The number of hydrogen-bond acceptors (Lipinski definition) is 1. The van der Waals surface area contributed by atoms with Gasteiger partial charge >= 0.3 is 0 Å². The van der Waals surface area contributed by atoms with Crippen molar-refractivity contribution in [1.82, 2.24) is 4.90 Å². The summed E-state index contributed by atoms with van der Waals surface area (Å²) < 4.78 is 0. The maximum absolute atomic E-state index is 4.03. The molecule has 0 heterocycles. The summed E-state index contributed by atoms with van der Waals surface area (Å²) >= 11 is 0. The van der Waals surface area contributed by atoms with Crippen LogP contribution in [0, 0.1) is 0 Å². The van der Waals surface area contributed by atoms with Crippen LogP contribution in [0.1, 0.15) is 153 Å². The first-order valence-electron chi connectivity index (χ1n) is 15.2. The Morgan fingerprint density at radius 3 is 1.35 bits per heavy atom. The molecule has 0 unspecified atom stereocenters. The van der Waals surface area contributed by atoms with E-state index in [2.05, 4.69) is 49.6 Å². The molecule has 0 aromatic heterocycles. The molecule has 0 saturated carbocycles. The van der Waals surface area contributed by atoms with Crippen LogP contribution in [0.4, 0.5) is 0 Å². The summed E-state index contributed by atoms with van der Waals surface area (Å²) in [5, 5.41) is 0. The Morgan fingerprint density at radius 1 is 0.559 bits per heavy atom. The number of nitrogens with zero attached hydrogens (tertiary/aromatic N) is 1. The standard InChI is InChI=1S/C33H59N/c1-4-7-9-11-13-15-17-19-21-25-29-34(31-33-28-24-23-27-32(33)6-3)30-26-22-20-18-16-14-12-10-8-5-2/h6,23-24,27-28H,3-5,7-22,25-26,29-31H2,1-2H3. The van der Waals surface area contributed by atoms with Gasteiger partial charge in [0.15, 0.2) is 0 Å². The van der Waals surface area contributed by atoms with E-state index in [9.17, 15) is 0 Å². The molecule has 34 heavy (non-hydrogen) atoms. The van der Waals surface area contributed by atoms with Gasteiger partial charge in [-0.25, -0.2) is 0 Å². The first-order chi connectivity index (χ1) is 16.8. The molecule has 1 aromatic rings. The van der Waals surface area contributed by atoms with Crippen molar-refractivity contribution in [3.05, 3.63) is 42.0 Å². The molecule has 1 heteroatoms. The Hall–Kier alpha value is -1.08. The lowest BCUT2D eigenvalue weighted by atomic mass is 10.0. The number of hydrogen-bond donors (Lipinski definition) is 0. The lowest BCUT2D eigenvalue weighted by Gasteiger charge is -2.23. The molecular weight excluding hydrogens is 410 g/mol. The minimum atomic E-state index is 1.08. The maximum Gasteiger partial charge on any atom is 0.0239 e. The van der Waals surface area contributed by atoms with Gasteiger partial charge in [-0.05, 0) is 37.1 Å². The van der Waals surface area contributed by atoms with Gasteiger partial charge in [-0.15, -0.1) is 0 Å². The van der Waals surface area contributed by atoms with Crippen LogP contribution >= 0.6 is 0 Å². The van der Waals surface area contributed by atoms with Gasteiger partial charge in [-0.2, -0.15) is 0 Å². The summed E-state index contributed by atoms with van der Waals surface area (Å²) in [5.74, 6) is 0. The monoisotopic (exact) mass is 469 g/mol. The van der Waals surface area contributed by atoms with Crippen molar-refractivity contribution in [1.29, 1.82) is 0 Å². The predicted octanol–water partition coefficient (Wildman–Crippen LogP) is 11.0. The van der Waals surface area contributed by atoms with E-state index in [0.717, 1.165) is 6.54 Å². The zero-order valence-corrected chi connectivity index (χ0v) is 23.3. The van der Waals surface area contributed by atoms with Gasteiger partial charge in [0.2, 0.25) is 0 Å². The normalized spacial score (nSPS) is 11.4. The van der Waals surface area contributed by atoms with E-state index >= 15 is 0 Å². The second-order valence-corrected chi connectivity index (χ2v) is 10.5. The second-order valence-electron chi connectivity index (χ2n) is 10.5. The topological polar surface area (TPSA) is 3.24 Å². The van der Waals surface area contributed by atoms with Crippen LogP contribution in [0.5, 0.6) is 0 Å². The van der Waals surface area contributed by atoms with Crippen molar-refractivity contribution in [2.45, 2.75) is 149 Å². The summed E-state index contributed by atoms with van der Waals surface area (Å²) in [5.41, 5.74) is 2.75. The van der Waals surface area contributed by atoms with E-state index in [1.807, 2.05) is 6.08 Å². The molecule has 0 radical (unpaired) electrons. The van der Waals surface area contributed by atoms with Crippen molar-refractivity contribution in [2.24, 2.45) is 0 Å². The second kappa shape index (κ2) is 23.7. The quantitative estimate of drug-likeness (QED) is 0.129. The molecule has 196 valence electrons. The molecule has 1 aromatic carbocycles. The van der Waals surface area contributed by atoms with Crippen LogP contribution in [0.3, 0.4) is 0 Å². The Labute approximate surface area is 214 Å². The number of benzene rings is 1. The smallest absolute Gasteiger partial charge is 0.0239 e. The molecule has 0 aliphatic carbocycles. The van der Waals surface area contributed by atoms with Gasteiger partial charge in [0, 0.05) is 6.54 Å². The fourth-order valence-electron chi connectivity index (χ4n) is 5.03. The van der Waals surface area contributed by atoms with E-state index in [1.54, 1.807) is 0 Å². The van der Waals surface area contributed by atoms with Gasteiger partial charge in [0.05, 0.1) is 0 Å². The molecule has 0 amide bonds. The number of unbranched alkanes of at least 4 members (excludes halogenated alkanes) is 18. The Bertz CT molecular complexity index is 539. The SMILES string of the molecule is C=Cc1ccccc1CN(CCCCCCCCCCCC)CCCCCCCCCCCC. The highest BCUT2D eigenvalue weighted by molar-refractivity contribution is 5.51. The van der Waals surface area contributed by atoms with Crippen LogP contribution in [0.15, 0.2) is 30.8 Å². The van der Waals surface area contributed by atoms with E-state index in [1.165, 1.54) is 153 Å². The van der Waals surface area contributed by atoms with E-state index < -0.39 is 0 Å². The minimum Gasteiger partial charge on any atom is -0.299 e. The third kappa shape index (κ3) is 17.4. The lowest BCUT2D eigenvalue weighted by molar-refractivity contribution is 0.252. The Kier molecular flexibility index (Phi) is 21.5. The molecule has 1 rings (SSSR count). The van der Waals surface area contributed by atoms with Crippen LogP contribution in [0.25, 0.3) is 6.08 Å². The minimum absolute atomic E-state index is 1.08. The summed E-state index contributed by atoms with van der Waals surface area (Å²) in [4.78, 5) is 2.72. The largest absolute Gasteiger partial charge is 0.299 e. The van der Waals surface area contributed by atoms with Crippen molar-refractivity contribution < 1.29 is 0 Å². The van der Waals surface area contributed by atoms with E-state index in [-0.39, 0.29) is 0 Å². The summed E-state index contributed by atoms with van der Waals surface area (Å²) in [6.45, 7) is 12.2. The van der Waals surface area contributed by atoms with Gasteiger partial charge in [-0.1, -0.05) is 166 Å². The highest BCUT2D eigenvalue weighted by atomic mass is 15.1. The summed E-state index contributed by atoms with van der Waals surface area (Å²) in [6.07, 6.45) is 30.3. The Morgan fingerprint density at radius 2 is 0.941 bits per heavy atom. The van der Waals surface area contributed by atoms with Crippen molar-refractivity contribution in [3.8, 4) is 0 Å². The highest BCUT2D eigenvalue weighted by Crippen LogP contribution is 2.16. The van der Waals surface area contributed by atoms with Gasteiger partial charge < -0.3 is 0 Å². The zero-order chi connectivity index (χ0) is 24.5. The third-order valence-electron chi connectivity index (χ3n) is 7.32. The van der Waals surface area contributed by atoms with Crippen LogP contribution < -0.4 is 0 Å². The van der Waals surface area contributed by atoms with Crippen LogP contribution in [0.2, 0.25) is 0 Å². The van der Waals surface area contributed by atoms with Crippen LogP contribution in [-0.4, -0.2) is 18.0 Å². The molecular formula is C33H59N. The van der Waals surface area contributed by atoms with Gasteiger partial charge in [-0.3, -0.25) is 4.90 Å². The van der Waals surface area contributed by atoms with Gasteiger partial charge in [0.25, 0.3) is 0 Å². The number of rotatable bonds is 25. The van der Waals surface area contributed by atoms with Crippen LogP contribution in [-0.2, 0) is 6.54 Å². The van der Waals surface area contributed by atoms with E-state index in [4.69, 9.17) is 0 Å². The first kappa shape index (κ1) is 31.0. The highest BCUT2D eigenvalue weighted by Gasteiger charge is 2.08. The van der Waals surface area contributed by atoms with E-state index in [0.29, 0.717) is 0 Å². The van der Waals surface area contributed by atoms with Crippen molar-refractivity contribution in [3.63, 3.8) is 0 Å². The fourth-order valence-corrected chi connectivity index (χ4v) is 5.03. The molecule has 1 nitrogen and oxygen atoms in total. The Balaban J connectivity index is 2.25. The summed E-state index contributed by atoms with van der Waals surface area (Å²) in [7, 11) is 0. The molecule has 0 fully saturated rings. The molecule has 0 N–H and O–H groups in total. The van der Waals surface area contributed by atoms with Crippen molar-refractivity contribution >= 4 is 6.08 Å².